The minimum atomic E-state index is -0.152. The molecule has 0 saturated carbocycles. The van der Waals surface area contributed by atoms with E-state index in [9.17, 15) is 9.59 Å². The van der Waals surface area contributed by atoms with E-state index in [0.29, 0.717) is 22.7 Å². The van der Waals surface area contributed by atoms with E-state index in [-0.39, 0.29) is 18.1 Å². The van der Waals surface area contributed by atoms with Crippen molar-refractivity contribution in [3.63, 3.8) is 0 Å². The van der Waals surface area contributed by atoms with E-state index in [1.165, 1.54) is 6.07 Å². The molecule has 0 saturated heterocycles. The van der Waals surface area contributed by atoms with E-state index in [0.717, 1.165) is 5.69 Å². The van der Waals surface area contributed by atoms with Crippen molar-refractivity contribution in [2.24, 2.45) is 0 Å². The van der Waals surface area contributed by atoms with Gasteiger partial charge in [0.05, 0.1) is 5.69 Å². The Morgan fingerprint density at radius 3 is 2.67 bits per heavy atom. The van der Waals surface area contributed by atoms with Crippen LogP contribution in [0.15, 0.2) is 53.3 Å². The molecule has 1 aromatic carbocycles. The van der Waals surface area contributed by atoms with Gasteiger partial charge >= 0.3 is 0 Å². The number of fused-ring (bicyclic) bond motifs is 1. The number of pyridine rings is 1. The van der Waals surface area contributed by atoms with Crippen LogP contribution in [0.3, 0.4) is 0 Å². The summed E-state index contributed by atoms with van der Waals surface area (Å²) in [6.45, 7) is 2.04. The second kappa shape index (κ2) is 6.54. The lowest BCUT2D eigenvalue weighted by Crippen LogP contribution is -2.18. The van der Waals surface area contributed by atoms with Crippen molar-refractivity contribution in [1.29, 1.82) is 0 Å². The molecule has 0 spiro atoms. The van der Waals surface area contributed by atoms with Gasteiger partial charge in [0.15, 0.2) is 0 Å². The molecule has 6 nitrogen and oxygen atoms in total. The molecule has 0 bridgehead atoms. The van der Waals surface area contributed by atoms with E-state index in [2.05, 4.69) is 10.3 Å². The summed E-state index contributed by atoms with van der Waals surface area (Å²) in [5.74, 6) is 0.454. The molecule has 24 heavy (non-hydrogen) atoms. The van der Waals surface area contributed by atoms with Gasteiger partial charge in [0.2, 0.25) is 0 Å². The Labute approximate surface area is 138 Å². The largest absolute Gasteiger partial charge is 0.487 e. The van der Waals surface area contributed by atoms with Gasteiger partial charge in [0.1, 0.15) is 18.0 Å². The molecule has 0 aliphatic rings. The maximum atomic E-state index is 12.2. The number of amides is 1. The molecule has 0 radical (unpaired) electrons. The third-order valence-corrected chi connectivity index (χ3v) is 3.66. The predicted molar refractivity (Wildman–Crippen MR) is 90.4 cm³/mol. The van der Waals surface area contributed by atoms with Crippen LogP contribution in [0.4, 0.5) is 0 Å². The van der Waals surface area contributed by atoms with E-state index in [4.69, 9.17) is 4.74 Å². The van der Waals surface area contributed by atoms with E-state index in [1.54, 1.807) is 41.8 Å². The van der Waals surface area contributed by atoms with Crippen LogP contribution in [0, 0.1) is 6.92 Å². The number of hydrogen-bond acceptors (Lipinski definition) is 4. The number of carbonyl (C=O) groups excluding carboxylic acids is 1. The Morgan fingerprint density at radius 2 is 1.96 bits per heavy atom. The highest BCUT2D eigenvalue weighted by Gasteiger charge is 2.06. The molecule has 2 heterocycles. The number of nitrogens with one attached hydrogen (secondary N) is 1. The first kappa shape index (κ1) is 15.7. The zero-order valence-corrected chi connectivity index (χ0v) is 13.4. The summed E-state index contributed by atoms with van der Waals surface area (Å²) in [5, 5.41) is 2.56. The van der Waals surface area contributed by atoms with Crippen LogP contribution in [-0.4, -0.2) is 22.3 Å². The molecule has 6 heteroatoms. The molecule has 2 aromatic heterocycles. The van der Waals surface area contributed by atoms with Gasteiger partial charge in [-0.15, -0.1) is 0 Å². The monoisotopic (exact) mass is 323 g/mol. The van der Waals surface area contributed by atoms with Crippen LogP contribution in [-0.2, 0) is 6.61 Å². The molecule has 0 fully saturated rings. The quantitative estimate of drug-likeness (QED) is 0.796. The molecule has 122 valence electrons. The number of ether oxygens (including phenoxy) is 1. The summed E-state index contributed by atoms with van der Waals surface area (Å²) < 4.78 is 7.21. The zero-order valence-electron chi connectivity index (χ0n) is 13.4. The van der Waals surface area contributed by atoms with Gasteiger partial charge < -0.3 is 10.1 Å². The highest BCUT2D eigenvalue weighted by molar-refractivity contribution is 5.94. The summed E-state index contributed by atoms with van der Waals surface area (Å²) in [6, 6.07) is 13.8. The number of nitrogens with zero attached hydrogens (tertiary/aromatic N) is 2. The zero-order chi connectivity index (χ0) is 17.1. The van der Waals surface area contributed by atoms with Gasteiger partial charge in [-0.25, -0.2) is 4.98 Å². The Hall–Kier alpha value is -3.15. The fourth-order valence-electron chi connectivity index (χ4n) is 2.44. The summed E-state index contributed by atoms with van der Waals surface area (Å²) in [5.41, 5.74) is 2.41. The molecule has 3 aromatic rings. The number of benzene rings is 1. The van der Waals surface area contributed by atoms with Crippen molar-refractivity contribution in [2.75, 3.05) is 7.05 Å². The van der Waals surface area contributed by atoms with Gasteiger partial charge in [-0.05, 0) is 43.3 Å². The minimum absolute atomic E-state index is 0.133. The average molecular weight is 323 g/mol. The maximum Gasteiger partial charge on any atom is 0.258 e. The highest BCUT2D eigenvalue weighted by atomic mass is 16.5. The van der Waals surface area contributed by atoms with Crippen molar-refractivity contribution in [3.8, 4) is 5.75 Å². The van der Waals surface area contributed by atoms with Crippen molar-refractivity contribution in [1.82, 2.24) is 14.7 Å². The lowest BCUT2D eigenvalue weighted by atomic mass is 10.2. The van der Waals surface area contributed by atoms with Gasteiger partial charge in [0, 0.05) is 24.4 Å². The molecule has 1 N–H and O–H groups in total. The van der Waals surface area contributed by atoms with E-state index < -0.39 is 0 Å². The lowest BCUT2D eigenvalue weighted by molar-refractivity contribution is 0.0963. The molecule has 0 aliphatic heterocycles. The summed E-state index contributed by atoms with van der Waals surface area (Å²) in [6.07, 6.45) is 0. The summed E-state index contributed by atoms with van der Waals surface area (Å²) >= 11 is 0. The number of aryl methyl sites for hydroxylation is 1. The SMILES string of the molecule is CNC(=O)c1ccc(OCc2cc(=O)n3c(C)cccc3n2)cc1. The smallest absolute Gasteiger partial charge is 0.258 e. The first-order valence-corrected chi connectivity index (χ1v) is 7.52. The molecule has 0 aliphatic carbocycles. The van der Waals surface area contributed by atoms with E-state index >= 15 is 0 Å². The second-order valence-corrected chi connectivity index (χ2v) is 5.34. The Kier molecular flexibility index (Phi) is 4.29. The number of carbonyl (C=O) groups is 1. The fourth-order valence-corrected chi connectivity index (χ4v) is 2.44. The molecule has 1 amide bonds. The van der Waals surface area contributed by atoms with Crippen LogP contribution in [0.25, 0.3) is 5.65 Å². The average Bonchev–Trinajstić information content (AvgIpc) is 2.59. The molecular formula is C18H17N3O3. The normalized spacial score (nSPS) is 10.6. The van der Waals surface area contributed by atoms with Crippen molar-refractivity contribution < 1.29 is 9.53 Å². The first-order valence-electron chi connectivity index (χ1n) is 7.52. The van der Waals surface area contributed by atoms with Crippen LogP contribution >= 0.6 is 0 Å². The van der Waals surface area contributed by atoms with Crippen molar-refractivity contribution in [3.05, 3.63) is 75.8 Å². The third-order valence-electron chi connectivity index (χ3n) is 3.66. The number of hydrogen-bond donors (Lipinski definition) is 1. The van der Waals surface area contributed by atoms with Crippen LogP contribution in [0.5, 0.6) is 5.75 Å². The van der Waals surface area contributed by atoms with Crippen LogP contribution < -0.4 is 15.6 Å². The predicted octanol–water partition coefficient (Wildman–Crippen LogP) is 1.94. The Bertz CT molecular complexity index is 946. The standard InChI is InChI=1S/C18H17N3O3/c1-12-4-3-5-16-20-14(10-17(22)21(12)16)11-24-15-8-6-13(7-9-15)18(23)19-2/h3-10H,11H2,1-2H3,(H,19,23). The molecular weight excluding hydrogens is 306 g/mol. The van der Waals surface area contributed by atoms with Crippen molar-refractivity contribution >= 4 is 11.6 Å². The molecule has 3 rings (SSSR count). The summed E-state index contributed by atoms with van der Waals surface area (Å²) in [7, 11) is 1.58. The number of rotatable bonds is 4. The fraction of sp³-hybridized carbons (Fsp3) is 0.167. The van der Waals surface area contributed by atoms with Gasteiger partial charge in [0.25, 0.3) is 11.5 Å². The van der Waals surface area contributed by atoms with Crippen LogP contribution in [0.2, 0.25) is 0 Å². The van der Waals surface area contributed by atoms with E-state index in [1.807, 2.05) is 19.1 Å². The summed E-state index contributed by atoms with van der Waals surface area (Å²) in [4.78, 5) is 28.1. The second-order valence-electron chi connectivity index (χ2n) is 5.34. The van der Waals surface area contributed by atoms with Crippen LogP contribution in [0.1, 0.15) is 21.7 Å². The van der Waals surface area contributed by atoms with Crippen molar-refractivity contribution in [2.45, 2.75) is 13.5 Å². The number of aromatic nitrogens is 2. The maximum absolute atomic E-state index is 12.2. The minimum Gasteiger partial charge on any atom is -0.487 e. The van der Waals surface area contributed by atoms with Gasteiger partial charge in [-0.3, -0.25) is 14.0 Å². The Balaban J connectivity index is 1.78. The highest BCUT2D eigenvalue weighted by Crippen LogP contribution is 2.14. The molecule has 0 unspecified atom stereocenters. The van der Waals surface area contributed by atoms with Gasteiger partial charge in [-0.1, -0.05) is 6.07 Å². The lowest BCUT2D eigenvalue weighted by Gasteiger charge is -2.08. The third kappa shape index (κ3) is 3.12. The first-order chi connectivity index (χ1) is 11.6. The Morgan fingerprint density at radius 1 is 1.21 bits per heavy atom. The topological polar surface area (TPSA) is 72.7 Å². The van der Waals surface area contributed by atoms with Gasteiger partial charge in [-0.2, -0.15) is 0 Å². The molecule has 0 atom stereocenters.